The van der Waals surface area contributed by atoms with E-state index < -0.39 is 0 Å². The number of rotatable bonds is 0. The molecule has 6 heteroatoms. The first-order valence-corrected chi connectivity index (χ1v) is 4.22. The molecule has 0 atom stereocenters. The molecule has 0 spiro atoms. The Morgan fingerprint density at radius 3 is 2.86 bits per heavy atom. The predicted octanol–water partition coefficient (Wildman–Crippen LogP) is 0.275. The number of nitrogens with one attached hydrogen (secondary N) is 1. The number of nitrogens with zero attached hydrogens (tertiary/aromatic N) is 2. The summed E-state index contributed by atoms with van der Waals surface area (Å²) >= 11 is 5.79. The molecule has 0 radical (unpaired) electrons. The molecule has 2 heterocycles. The lowest BCUT2D eigenvalue weighted by atomic mass is 10.2. The van der Waals surface area contributed by atoms with Gasteiger partial charge in [0.1, 0.15) is 0 Å². The first-order valence-electron chi connectivity index (χ1n) is 3.85. The Bertz CT molecular complexity index is 614. The summed E-state index contributed by atoms with van der Waals surface area (Å²) in [5, 5.41) is 4.70. The summed E-state index contributed by atoms with van der Waals surface area (Å²) < 4.78 is 1.10. The third kappa shape index (κ3) is 1.22. The van der Waals surface area contributed by atoms with Crippen LogP contribution in [0.4, 0.5) is 0 Å². The molecule has 0 bridgehead atoms. The Labute approximate surface area is 82.9 Å². The quantitative estimate of drug-likeness (QED) is 0.681. The molecule has 2 rings (SSSR count). The van der Waals surface area contributed by atoms with Gasteiger partial charge in [0, 0.05) is 24.7 Å². The molecule has 0 aliphatic carbocycles. The Morgan fingerprint density at radius 1 is 1.43 bits per heavy atom. The van der Waals surface area contributed by atoms with Crippen LogP contribution in [0, 0.1) is 0 Å². The Kier molecular flexibility index (Phi) is 1.89. The van der Waals surface area contributed by atoms with Crippen molar-refractivity contribution in [3.05, 3.63) is 38.1 Å². The van der Waals surface area contributed by atoms with Gasteiger partial charge in [-0.2, -0.15) is 5.10 Å². The molecule has 0 aliphatic heterocycles. The second-order valence-electron chi connectivity index (χ2n) is 2.84. The van der Waals surface area contributed by atoms with Crippen LogP contribution in [0.3, 0.4) is 0 Å². The Morgan fingerprint density at radius 2 is 2.14 bits per heavy atom. The molecule has 0 unspecified atom stereocenters. The predicted molar refractivity (Wildman–Crippen MR) is 52.6 cm³/mol. The maximum Gasteiger partial charge on any atom is 0.274 e. The lowest BCUT2D eigenvalue weighted by Crippen LogP contribution is -2.21. The van der Waals surface area contributed by atoms with Crippen molar-refractivity contribution in [1.82, 2.24) is 14.8 Å². The van der Waals surface area contributed by atoms with E-state index in [-0.39, 0.29) is 21.7 Å². The van der Waals surface area contributed by atoms with Crippen LogP contribution in [0.2, 0.25) is 5.15 Å². The minimum Gasteiger partial charge on any atom is -0.328 e. The number of hydrogen-bond acceptors (Lipinski definition) is 3. The van der Waals surface area contributed by atoms with Crippen molar-refractivity contribution in [3.8, 4) is 0 Å². The van der Waals surface area contributed by atoms with Crippen molar-refractivity contribution < 1.29 is 0 Å². The highest BCUT2D eigenvalue weighted by molar-refractivity contribution is 6.34. The average molecular weight is 212 g/mol. The fourth-order valence-electron chi connectivity index (χ4n) is 1.22. The second-order valence-corrected chi connectivity index (χ2v) is 3.20. The highest BCUT2D eigenvalue weighted by atomic mass is 35.5. The van der Waals surface area contributed by atoms with Crippen molar-refractivity contribution in [1.29, 1.82) is 0 Å². The van der Waals surface area contributed by atoms with Crippen molar-refractivity contribution in [2.75, 3.05) is 0 Å². The van der Waals surface area contributed by atoms with Crippen LogP contribution in [-0.4, -0.2) is 14.8 Å². The van der Waals surface area contributed by atoms with Crippen LogP contribution in [0.5, 0.6) is 0 Å². The van der Waals surface area contributed by atoms with Gasteiger partial charge in [-0.05, 0) is 0 Å². The summed E-state index contributed by atoms with van der Waals surface area (Å²) in [4.78, 5) is 24.9. The SMILES string of the molecule is Cn1nc(Cl)c2c[nH]c(=O)cc2c1=O. The van der Waals surface area contributed by atoms with E-state index in [0.717, 1.165) is 4.68 Å². The Hall–Kier alpha value is -1.62. The minimum absolute atomic E-state index is 0.193. The summed E-state index contributed by atoms with van der Waals surface area (Å²) in [5.41, 5.74) is -0.674. The summed E-state index contributed by atoms with van der Waals surface area (Å²) in [6, 6.07) is 1.21. The van der Waals surface area contributed by atoms with Crippen molar-refractivity contribution in [2.24, 2.45) is 7.05 Å². The van der Waals surface area contributed by atoms with E-state index >= 15 is 0 Å². The molecule has 0 aromatic carbocycles. The van der Waals surface area contributed by atoms with Crippen LogP contribution < -0.4 is 11.1 Å². The summed E-state index contributed by atoms with van der Waals surface area (Å²) in [5.74, 6) is 0. The topological polar surface area (TPSA) is 67.8 Å². The third-order valence-corrected chi connectivity index (χ3v) is 2.19. The number of halogens is 1. The fraction of sp³-hybridized carbons (Fsp3) is 0.125. The third-order valence-electron chi connectivity index (χ3n) is 1.91. The number of aromatic amines is 1. The number of pyridine rings is 1. The van der Waals surface area contributed by atoms with Gasteiger partial charge in [-0.15, -0.1) is 0 Å². The second kappa shape index (κ2) is 2.95. The van der Waals surface area contributed by atoms with E-state index in [0.29, 0.717) is 5.39 Å². The van der Waals surface area contributed by atoms with Gasteiger partial charge in [0.25, 0.3) is 5.56 Å². The first kappa shape index (κ1) is 8.96. The van der Waals surface area contributed by atoms with Gasteiger partial charge in [0.2, 0.25) is 5.56 Å². The lowest BCUT2D eigenvalue weighted by Gasteiger charge is -2.01. The molecular weight excluding hydrogens is 206 g/mol. The van der Waals surface area contributed by atoms with Crippen molar-refractivity contribution in [2.45, 2.75) is 0 Å². The van der Waals surface area contributed by atoms with Gasteiger partial charge in [0.15, 0.2) is 5.15 Å². The van der Waals surface area contributed by atoms with E-state index in [1.807, 2.05) is 0 Å². The standard InChI is InChI=1S/C8H6ClN3O2/c1-12-8(14)4-2-6(13)10-3-5(4)7(9)11-12/h2-3H,1H3,(H,10,13). The monoisotopic (exact) mass is 211 g/mol. The van der Waals surface area contributed by atoms with Crippen LogP contribution in [-0.2, 0) is 7.05 Å². The molecule has 5 nitrogen and oxygen atoms in total. The Balaban J connectivity index is 3.11. The number of H-pyrrole nitrogens is 1. The average Bonchev–Trinajstić information content (AvgIpc) is 2.14. The highest BCUT2D eigenvalue weighted by Crippen LogP contribution is 2.14. The van der Waals surface area contributed by atoms with Gasteiger partial charge in [-0.25, -0.2) is 4.68 Å². The highest BCUT2D eigenvalue weighted by Gasteiger charge is 2.06. The number of hydrogen-bond donors (Lipinski definition) is 1. The number of aryl methyl sites for hydroxylation is 1. The smallest absolute Gasteiger partial charge is 0.274 e. The van der Waals surface area contributed by atoms with Gasteiger partial charge < -0.3 is 4.98 Å². The van der Waals surface area contributed by atoms with Gasteiger partial charge in [0.05, 0.1) is 5.39 Å². The van der Waals surface area contributed by atoms with Gasteiger partial charge in [-0.3, -0.25) is 9.59 Å². The molecule has 2 aromatic rings. The molecular formula is C8H6ClN3O2. The molecule has 72 valence electrons. The van der Waals surface area contributed by atoms with Crippen LogP contribution in [0.25, 0.3) is 10.8 Å². The van der Waals surface area contributed by atoms with Crippen LogP contribution in [0.15, 0.2) is 21.9 Å². The largest absolute Gasteiger partial charge is 0.328 e. The van der Waals surface area contributed by atoms with E-state index in [2.05, 4.69) is 10.1 Å². The fourth-order valence-corrected chi connectivity index (χ4v) is 1.49. The molecule has 0 amide bonds. The van der Waals surface area contributed by atoms with Crippen molar-refractivity contribution in [3.63, 3.8) is 0 Å². The van der Waals surface area contributed by atoms with Crippen LogP contribution >= 0.6 is 11.6 Å². The summed E-state index contributed by atoms with van der Waals surface area (Å²) in [7, 11) is 1.48. The van der Waals surface area contributed by atoms with E-state index in [1.165, 1.54) is 19.3 Å². The first-order chi connectivity index (χ1) is 6.59. The maximum absolute atomic E-state index is 11.5. The normalized spacial score (nSPS) is 10.7. The van der Waals surface area contributed by atoms with Gasteiger partial charge >= 0.3 is 0 Å². The van der Waals surface area contributed by atoms with E-state index in [9.17, 15) is 9.59 Å². The minimum atomic E-state index is -0.337. The van der Waals surface area contributed by atoms with Gasteiger partial charge in [-0.1, -0.05) is 11.6 Å². The molecule has 0 saturated heterocycles. The van der Waals surface area contributed by atoms with Crippen LogP contribution in [0.1, 0.15) is 0 Å². The zero-order valence-electron chi connectivity index (χ0n) is 7.24. The molecule has 0 saturated carbocycles. The maximum atomic E-state index is 11.5. The summed E-state index contributed by atoms with van der Waals surface area (Å²) in [6.45, 7) is 0. The number of aromatic nitrogens is 3. The molecule has 2 aromatic heterocycles. The lowest BCUT2D eigenvalue weighted by molar-refractivity contribution is 0.718. The zero-order chi connectivity index (χ0) is 10.3. The molecule has 14 heavy (non-hydrogen) atoms. The van der Waals surface area contributed by atoms with E-state index in [1.54, 1.807) is 0 Å². The molecule has 1 N–H and O–H groups in total. The van der Waals surface area contributed by atoms with Crippen molar-refractivity contribution >= 4 is 22.4 Å². The zero-order valence-corrected chi connectivity index (χ0v) is 8.00. The van der Waals surface area contributed by atoms with E-state index in [4.69, 9.17) is 11.6 Å². The number of fused-ring (bicyclic) bond motifs is 1. The molecule has 0 aliphatic rings. The summed E-state index contributed by atoms with van der Waals surface area (Å²) in [6.07, 6.45) is 1.38. The molecule has 0 fully saturated rings.